The van der Waals surface area contributed by atoms with E-state index in [1.165, 1.54) is 4.88 Å². The van der Waals surface area contributed by atoms with Crippen molar-refractivity contribution in [2.45, 2.75) is 13.1 Å². The molecular formula is C13H12NOS. The maximum Gasteiger partial charge on any atom is 0.312 e. The maximum absolute atomic E-state index is 10.8. The van der Waals surface area contributed by atoms with Gasteiger partial charge in [0, 0.05) is 11.4 Å². The summed E-state index contributed by atoms with van der Waals surface area (Å²) in [6, 6.07) is 14.0. The quantitative estimate of drug-likeness (QED) is 0.723. The molecule has 0 atom stereocenters. The molecule has 2 rings (SSSR count). The van der Waals surface area contributed by atoms with Crippen LogP contribution in [0.4, 0.5) is 0 Å². The van der Waals surface area contributed by atoms with E-state index in [4.69, 9.17) is 0 Å². The van der Waals surface area contributed by atoms with Gasteiger partial charge < -0.3 is 4.90 Å². The normalized spacial score (nSPS) is 10.0. The van der Waals surface area contributed by atoms with Crippen LogP contribution in [-0.2, 0) is 17.9 Å². The highest BCUT2D eigenvalue weighted by Crippen LogP contribution is 2.12. The van der Waals surface area contributed by atoms with Crippen LogP contribution in [0.25, 0.3) is 0 Å². The first kappa shape index (κ1) is 10.9. The average Bonchev–Trinajstić information content (AvgIpc) is 2.82. The van der Waals surface area contributed by atoms with Gasteiger partial charge >= 0.3 is 6.41 Å². The van der Waals surface area contributed by atoms with E-state index < -0.39 is 0 Å². The zero-order valence-electron chi connectivity index (χ0n) is 8.80. The molecule has 0 N–H and O–H groups in total. The molecule has 0 saturated carbocycles. The molecule has 16 heavy (non-hydrogen) atoms. The highest BCUT2D eigenvalue weighted by Gasteiger charge is 2.05. The molecule has 1 aromatic carbocycles. The van der Waals surface area contributed by atoms with Crippen molar-refractivity contribution in [1.29, 1.82) is 0 Å². The largest absolute Gasteiger partial charge is 0.325 e. The number of thiophene rings is 1. The maximum atomic E-state index is 10.8. The zero-order valence-corrected chi connectivity index (χ0v) is 9.61. The molecule has 2 nitrogen and oxygen atoms in total. The first-order valence-electron chi connectivity index (χ1n) is 5.07. The van der Waals surface area contributed by atoms with Crippen LogP contribution in [0, 0.1) is 0 Å². The van der Waals surface area contributed by atoms with Gasteiger partial charge in [-0.3, -0.25) is 4.79 Å². The van der Waals surface area contributed by atoms with Crippen molar-refractivity contribution in [2.75, 3.05) is 0 Å². The number of hydrogen-bond acceptors (Lipinski definition) is 2. The minimum absolute atomic E-state index is 0.613. The molecule has 0 fully saturated rings. The van der Waals surface area contributed by atoms with E-state index in [1.54, 1.807) is 16.2 Å². The third-order valence-electron chi connectivity index (χ3n) is 2.27. The van der Waals surface area contributed by atoms with Crippen LogP contribution in [0.3, 0.4) is 0 Å². The summed E-state index contributed by atoms with van der Waals surface area (Å²) in [4.78, 5) is 13.7. The minimum atomic E-state index is 0.613. The Morgan fingerprint density at radius 2 is 1.88 bits per heavy atom. The number of nitrogens with zero attached hydrogens (tertiary/aromatic N) is 1. The molecule has 0 unspecified atom stereocenters. The van der Waals surface area contributed by atoms with Crippen molar-refractivity contribution in [3.8, 4) is 0 Å². The molecule has 0 aliphatic rings. The topological polar surface area (TPSA) is 20.3 Å². The second-order valence-corrected chi connectivity index (χ2v) is 4.54. The van der Waals surface area contributed by atoms with Gasteiger partial charge in [0.05, 0.1) is 6.54 Å². The second-order valence-electron chi connectivity index (χ2n) is 3.51. The Labute approximate surface area is 99.1 Å². The molecule has 81 valence electrons. The monoisotopic (exact) mass is 230 g/mol. The van der Waals surface area contributed by atoms with E-state index in [2.05, 4.69) is 0 Å². The molecular weight excluding hydrogens is 218 g/mol. The summed E-state index contributed by atoms with van der Waals surface area (Å²) in [5.74, 6) is 0. The number of carbonyl (C=O) groups excluding carboxylic acids is 1. The Balaban J connectivity index is 1.99. The van der Waals surface area contributed by atoms with Crippen LogP contribution in [0.15, 0.2) is 47.8 Å². The molecule has 0 bridgehead atoms. The molecule has 1 radical (unpaired) electrons. The summed E-state index contributed by atoms with van der Waals surface area (Å²) in [5, 5.41) is 2.01. The van der Waals surface area contributed by atoms with Crippen LogP contribution in [0.2, 0.25) is 0 Å². The molecule has 1 amide bonds. The predicted molar refractivity (Wildman–Crippen MR) is 65.7 cm³/mol. The Bertz CT molecular complexity index is 424. The fraction of sp³-hybridized carbons (Fsp3) is 0.154. The molecule has 1 aromatic heterocycles. The lowest BCUT2D eigenvalue weighted by Crippen LogP contribution is -2.20. The first-order chi connectivity index (χ1) is 7.88. The summed E-state index contributed by atoms with van der Waals surface area (Å²) in [7, 11) is 0. The fourth-order valence-electron chi connectivity index (χ4n) is 1.51. The second kappa shape index (κ2) is 5.47. The first-order valence-corrected chi connectivity index (χ1v) is 5.95. The summed E-state index contributed by atoms with van der Waals surface area (Å²) < 4.78 is 0. The van der Waals surface area contributed by atoms with E-state index in [0.717, 1.165) is 5.56 Å². The van der Waals surface area contributed by atoms with Gasteiger partial charge in [-0.25, -0.2) is 0 Å². The molecule has 0 aliphatic heterocycles. The van der Waals surface area contributed by atoms with Crippen molar-refractivity contribution in [3.05, 3.63) is 58.3 Å². The zero-order chi connectivity index (χ0) is 11.2. The van der Waals surface area contributed by atoms with Gasteiger partial charge in [-0.15, -0.1) is 11.3 Å². The van der Waals surface area contributed by atoms with E-state index in [0.29, 0.717) is 13.1 Å². The summed E-state index contributed by atoms with van der Waals surface area (Å²) >= 11 is 1.66. The molecule has 0 spiro atoms. The molecule has 1 heterocycles. The summed E-state index contributed by atoms with van der Waals surface area (Å²) in [5.41, 5.74) is 1.13. The number of hydrogen-bond donors (Lipinski definition) is 0. The molecule has 3 heteroatoms. The molecule has 2 aromatic rings. The Morgan fingerprint density at radius 1 is 1.06 bits per heavy atom. The van der Waals surface area contributed by atoms with Crippen molar-refractivity contribution < 1.29 is 4.79 Å². The lowest BCUT2D eigenvalue weighted by atomic mass is 10.2. The minimum Gasteiger partial charge on any atom is -0.325 e. The van der Waals surface area contributed by atoms with Gasteiger partial charge in [0.15, 0.2) is 0 Å². The van der Waals surface area contributed by atoms with Crippen molar-refractivity contribution >= 4 is 17.7 Å². The van der Waals surface area contributed by atoms with E-state index in [9.17, 15) is 4.79 Å². The smallest absolute Gasteiger partial charge is 0.312 e. The number of amides is 1. The lowest BCUT2D eigenvalue weighted by molar-refractivity contribution is 0.370. The molecule has 0 aliphatic carbocycles. The summed E-state index contributed by atoms with van der Waals surface area (Å²) in [6.45, 7) is 1.25. The van der Waals surface area contributed by atoms with Crippen molar-refractivity contribution in [3.63, 3.8) is 0 Å². The van der Waals surface area contributed by atoms with Crippen LogP contribution in [-0.4, -0.2) is 11.3 Å². The standard InChI is InChI=1S/C13H12NOS/c15-11-14(10-13-7-4-8-16-13)9-12-5-2-1-3-6-12/h1-8H,9-10H2. The Kier molecular flexibility index (Phi) is 3.72. The SMILES string of the molecule is O=[C]N(Cc1ccccc1)Cc1cccs1. The Hall–Kier alpha value is -1.61. The van der Waals surface area contributed by atoms with Crippen molar-refractivity contribution in [1.82, 2.24) is 4.90 Å². The van der Waals surface area contributed by atoms with Crippen LogP contribution >= 0.6 is 11.3 Å². The number of rotatable bonds is 5. The van der Waals surface area contributed by atoms with Crippen LogP contribution < -0.4 is 0 Å². The third-order valence-corrected chi connectivity index (χ3v) is 3.13. The van der Waals surface area contributed by atoms with E-state index >= 15 is 0 Å². The van der Waals surface area contributed by atoms with Gasteiger partial charge in [0.1, 0.15) is 0 Å². The van der Waals surface area contributed by atoms with Gasteiger partial charge in [0.25, 0.3) is 0 Å². The van der Waals surface area contributed by atoms with Crippen LogP contribution in [0.5, 0.6) is 0 Å². The van der Waals surface area contributed by atoms with Gasteiger partial charge in [-0.2, -0.15) is 0 Å². The van der Waals surface area contributed by atoms with E-state index in [1.807, 2.05) is 54.3 Å². The fourth-order valence-corrected chi connectivity index (χ4v) is 2.23. The third kappa shape index (κ3) is 2.94. The Morgan fingerprint density at radius 3 is 2.50 bits per heavy atom. The van der Waals surface area contributed by atoms with Crippen molar-refractivity contribution in [2.24, 2.45) is 0 Å². The van der Waals surface area contributed by atoms with Gasteiger partial charge in [0.2, 0.25) is 0 Å². The highest BCUT2D eigenvalue weighted by molar-refractivity contribution is 7.09. The lowest BCUT2D eigenvalue weighted by Gasteiger charge is -2.15. The molecule has 0 saturated heterocycles. The van der Waals surface area contributed by atoms with Gasteiger partial charge in [-0.05, 0) is 17.0 Å². The summed E-state index contributed by atoms with van der Waals surface area (Å²) in [6.07, 6.45) is 1.98. The van der Waals surface area contributed by atoms with Gasteiger partial charge in [-0.1, -0.05) is 36.4 Å². The average molecular weight is 230 g/mol. The number of benzene rings is 1. The van der Waals surface area contributed by atoms with E-state index in [-0.39, 0.29) is 0 Å². The predicted octanol–water partition coefficient (Wildman–Crippen LogP) is 2.82. The van der Waals surface area contributed by atoms with Crippen LogP contribution in [0.1, 0.15) is 10.4 Å². The highest BCUT2D eigenvalue weighted by atomic mass is 32.1.